The second kappa shape index (κ2) is 5.53. The van der Waals surface area contributed by atoms with Crippen molar-refractivity contribution in [2.24, 2.45) is 0 Å². The Labute approximate surface area is 101 Å². The van der Waals surface area contributed by atoms with Gasteiger partial charge in [-0.15, -0.1) is 0 Å². The maximum atomic E-state index is 11.3. The van der Waals surface area contributed by atoms with Crippen LogP contribution < -0.4 is 4.74 Å². The van der Waals surface area contributed by atoms with Crippen molar-refractivity contribution < 1.29 is 14.3 Å². The molecule has 1 aliphatic heterocycles. The van der Waals surface area contributed by atoms with Crippen LogP contribution in [0.3, 0.4) is 0 Å². The Bertz CT molecular complexity index is 418. The lowest BCUT2D eigenvalue weighted by molar-refractivity contribution is -0.138. The van der Waals surface area contributed by atoms with Gasteiger partial charge in [0.1, 0.15) is 11.5 Å². The Morgan fingerprint density at radius 2 is 1.88 bits per heavy atom. The van der Waals surface area contributed by atoms with Crippen LogP contribution in [-0.4, -0.2) is 13.1 Å². The summed E-state index contributed by atoms with van der Waals surface area (Å²) in [6.45, 7) is 0. The van der Waals surface area contributed by atoms with Crippen molar-refractivity contribution in [2.75, 3.05) is 7.11 Å². The van der Waals surface area contributed by atoms with Gasteiger partial charge in [-0.1, -0.05) is 12.1 Å². The predicted octanol–water partition coefficient (Wildman–Crippen LogP) is 3.15. The SMILES string of the molecule is COc1ccc(/C=C2/CCCCC(=O)O2)cc1. The smallest absolute Gasteiger partial charge is 0.310 e. The Morgan fingerprint density at radius 1 is 1.18 bits per heavy atom. The molecule has 0 spiro atoms. The molecular formula is C14H16O3. The highest BCUT2D eigenvalue weighted by Crippen LogP contribution is 2.21. The van der Waals surface area contributed by atoms with E-state index in [0.29, 0.717) is 6.42 Å². The van der Waals surface area contributed by atoms with Crippen LogP contribution >= 0.6 is 0 Å². The molecule has 0 saturated carbocycles. The highest BCUT2D eigenvalue weighted by Gasteiger charge is 2.12. The van der Waals surface area contributed by atoms with Crippen LogP contribution in [-0.2, 0) is 9.53 Å². The lowest BCUT2D eigenvalue weighted by Crippen LogP contribution is -1.99. The summed E-state index contributed by atoms with van der Waals surface area (Å²) in [7, 11) is 1.64. The van der Waals surface area contributed by atoms with Crippen molar-refractivity contribution in [3.8, 4) is 5.75 Å². The number of rotatable bonds is 2. The third-order valence-corrected chi connectivity index (χ3v) is 2.74. The number of hydrogen-bond donors (Lipinski definition) is 0. The Balaban J connectivity index is 2.13. The van der Waals surface area contributed by atoms with E-state index in [-0.39, 0.29) is 5.97 Å². The normalized spacial score (nSPS) is 18.6. The molecule has 2 rings (SSSR count). The van der Waals surface area contributed by atoms with Crippen molar-refractivity contribution in [3.05, 3.63) is 35.6 Å². The monoisotopic (exact) mass is 232 g/mol. The van der Waals surface area contributed by atoms with E-state index in [1.807, 2.05) is 30.3 Å². The molecule has 0 aliphatic carbocycles. The molecule has 0 amide bonds. The standard InChI is InChI=1S/C14H16O3/c1-16-12-8-6-11(7-9-12)10-13-4-2-3-5-14(15)17-13/h6-10H,2-5H2,1H3/b13-10-. The zero-order valence-corrected chi connectivity index (χ0v) is 9.94. The van der Waals surface area contributed by atoms with E-state index in [9.17, 15) is 4.79 Å². The van der Waals surface area contributed by atoms with Crippen LogP contribution in [0.5, 0.6) is 5.75 Å². The minimum absolute atomic E-state index is 0.123. The number of hydrogen-bond acceptors (Lipinski definition) is 3. The summed E-state index contributed by atoms with van der Waals surface area (Å²) in [6, 6.07) is 7.69. The van der Waals surface area contributed by atoms with Crippen LogP contribution in [0.25, 0.3) is 6.08 Å². The Hall–Kier alpha value is -1.77. The summed E-state index contributed by atoms with van der Waals surface area (Å²) >= 11 is 0. The molecular weight excluding hydrogens is 216 g/mol. The molecule has 0 N–H and O–H groups in total. The van der Waals surface area contributed by atoms with Gasteiger partial charge in [0.2, 0.25) is 0 Å². The van der Waals surface area contributed by atoms with Crippen molar-refractivity contribution in [2.45, 2.75) is 25.7 Å². The summed E-state index contributed by atoms with van der Waals surface area (Å²) in [4.78, 5) is 11.3. The number of methoxy groups -OCH3 is 1. The first-order valence-electron chi connectivity index (χ1n) is 5.83. The average molecular weight is 232 g/mol. The van der Waals surface area contributed by atoms with Gasteiger partial charge < -0.3 is 9.47 Å². The molecule has 1 aliphatic rings. The van der Waals surface area contributed by atoms with Crippen molar-refractivity contribution in [3.63, 3.8) is 0 Å². The first kappa shape index (κ1) is 11.7. The number of cyclic esters (lactones) is 1. The molecule has 0 unspecified atom stereocenters. The van der Waals surface area contributed by atoms with Gasteiger partial charge in [-0.2, -0.15) is 0 Å². The van der Waals surface area contributed by atoms with Crippen LogP contribution in [0.4, 0.5) is 0 Å². The number of carbonyl (C=O) groups excluding carboxylic acids is 1. The van der Waals surface area contributed by atoms with E-state index in [1.165, 1.54) is 0 Å². The van der Waals surface area contributed by atoms with Crippen molar-refractivity contribution in [1.29, 1.82) is 0 Å². The van der Waals surface area contributed by atoms with Crippen molar-refractivity contribution >= 4 is 12.0 Å². The molecule has 0 atom stereocenters. The fraction of sp³-hybridized carbons (Fsp3) is 0.357. The van der Waals surface area contributed by atoms with Gasteiger partial charge >= 0.3 is 5.97 Å². The zero-order valence-electron chi connectivity index (χ0n) is 9.94. The van der Waals surface area contributed by atoms with E-state index in [0.717, 1.165) is 36.3 Å². The average Bonchev–Trinajstić information content (AvgIpc) is 2.55. The maximum absolute atomic E-state index is 11.3. The summed E-state index contributed by atoms with van der Waals surface area (Å²) in [6.07, 6.45) is 5.20. The molecule has 1 fully saturated rings. The molecule has 17 heavy (non-hydrogen) atoms. The third-order valence-electron chi connectivity index (χ3n) is 2.74. The molecule has 3 nitrogen and oxygen atoms in total. The lowest BCUT2D eigenvalue weighted by Gasteiger charge is -2.04. The molecule has 1 aromatic carbocycles. The number of carbonyl (C=O) groups is 1. The fourth-order valence-corrected chi connectivity index (χ4v) is 1.80. The van der Waals surface area contributed by atoms with Crippen LogP contribution in [0.2, 0.25) is 0 Å². The molecule has 1 aromatic rings. The number of esters is 1. The minimum atomic E-state index is -0.123. The predicted molar refractivity (Wildman–Crippen MR) is 65.5 cm³/mol. The van der Waals surface area contributed by atoms with Gasteiger partial charge in [0, 0.05) is 12.8 Å². The van der Waals surface area contributed by atoms with E-state index in [1.54, 1.807) is 7.11 Å². The third kappa shape index (κ3) is 3.34. The molecule has 90 valence electrons. The van der Waals surface area contributed by atoms with Gasteiger partial charge in [-0.25, -0.2) is 0 Å². The van der Waals surface area contributed by atoms with E-state index >= 15 is 0 Å². The second-order valence-electron chi connectivity index (χ2n) is 4.06. The van der Waals surface area contributed by atoms with Crippen molar-refractivity contribution in [1.82, 2.24) is 0 Å². The molecule has 3 heteroatoms. The molecule has 0 aromatic heterocycles. The summed E-state index contributed by atoms with van der Waals surface area (Å²) < 4.78 is 10.4. The first-order chi connectivity index (χ1) is 8.28. The molecule has 0 radical (unpaired) electrons. The first-order valence-corrected chi connectivity index (χ1v) is 5.83. The quantitative estimate of drug-likeness (QED) is 0.735. The maximum Gasteiger partial charge on any atom is 0.310 e. The second-order valence-corrected chi connectivity index (χ2v) is 4.06. The summed E-state index contributed by atoms with van der Waals surface area (Å²) in [5.41, 5.74) is 1.02. The highest BCUT2D eigenvalue weighted by atomic mass is 16.5. The molecule has 0 bridgehead atoms. The topological polar surface area (TPSA) is 35.5 Å². The largest absolute Gasteiger partial charge is 0.497 e. The zero-order chi connectivity index (χ0) is 12.1. The highest BCUT2D eigenvalue weighted by molar-refractivity contribution is 5.72. The number of allylic oxidation sites excluding steroid dienone is 1. The molecule has 1 saturated heterocycles. The summed E-state index contributed by atoms with van der Waals surface area (Å²) in [5.74, 6) is 1.46. The fourth-order valence-electron chi connectivity index (χ4n) is 1.80. The van der Waals surface area contributed by atoms with Crippen LogP contribution in [0.15, 0.2) is 30.0 Å². The Morgan fingerprint density at radius 3 is 2.59 bits per heavy atom. The van der Waals surface area contributed by atoms with Gasteiger partial charge in [-0.05, 0) is 36.6 Å². The number of ether oxygens (including phenoxy) is 2. The van der Waals surface area contributed by atoms with Gasteiger partial charge in [-0.3, -0.25) is 4.79 Å². The number of benzene rings is 1. The van der Waals surface area contributed by atoms with E-state index in [4.69, 9.17) is 9.47 Å². The van der Waals surface area contributed by atoms with Crippen LogP contribution in [0.1, 0.15) is 31.2 Å². The van der Waals surface area contributed by atoms with Crippen LogP contribution in [0, 0.1) is 0 Å². The Kier molecular flexibility index (Phi) is 3.81. The summed E-state index contributed by atoms with van der Waals surface area (Å²) in [5, 5.41) is 0. The minimum Gasteiger partial charge on any atom is -0.497 e. The van der Waals surface area contributed by atoms with Gasteiger partial charge in [0.05, 0.1) is 7.11 Å². The van der Waals surface area contributed by atoms with E-state index in [2.05, 4.69) is 0 Å². The van der Waals surface area contributed by atoms with Gasteiger partial charge in [0.25, 0.3) is 0 Å². The van der Waals surface area contributed by atoms with Gasteiger partial charge in [0.15, 0.2) is 0 Å². The van der Waals surface area contributed by atoms with E-state index < -0.39 is 0 Å². The molecule has 1 heterocycles. The lowest BCUT2D eigenvalue weighted by atomic mass is 10.1.